The normalized spacial score (nSPS) is 17.6. The van der Waals surface area contributed by atoms with Crippen molar-refractivity contribution >= 4 is 29.3 Å². The standard InChI is InChI=1S/C34H43N3O7/c1-32(2,3)44-28(38)20-33(4,35)31(41)36-27(22-43-21-23-11-7-6-8-12-23)29(39)37-17-15-34(16-18-37)19-25(30(40)42-5)24-13-9-10-14-26(24)34/h6-14,19,27H,15-18,20-22,35H2,1-5H3,(H,36,41). The first kappa shape index (κ1) is 32.9. The van der Waals surface area contributed by atoms with E-state index in [1.54, 1.807) is 25.7 Å². The van der Waals surface area contributed by atoms with Gasteiger partial charge in [0.1, 0.15) is 17.2 Å². The molecular weight excluding hydrogens is 562 g/mol. The second kappa shape index (κ2) is 13.3. The summed E-state index contributed by atoms with van der Waals surface area (Å²) in [6, 6.07) is 16.3. The number of piperidine rings is 1. The lowest BCUT2D eigenvalue weighted by Crippen LogP contribution is -2.60. The van der Waals surface area contributed by atoms with E-state index in [1.807, 2.05) is 60.7 Å². The van der Waals surface area contributed by atoms with Crippen molar-refractivity contribution < 1.29 is 33.4 Å². The summed E-state index contributed by atoms with van der Waals surface area (Å²) in [5.41, 5.74) is 6.89. The van der Waals surface area contributed by atoms with Gasteiger partial charge in [0.15, 0.2) is 0 Å². The van der Waals surface area contributed by atoms with E-state index in [9.17, 15) is 19.2 Å². The molecule has 1 fully saturated rings. The van der Waals surface area contributed by atoms with Crippen LogP contribution in [-0.4, -0.2) is 72.6 Å². The summed E-state index contributed by atoms with van der Waals surface area (Å²) in [7, 11) is 1.37. The summed E-state index contributed by atoms with van der Waals surface area (Å²) in [5, 5.41) is 2.75. The lowest BCUT2D eigenvalue weighted by atomic mass is 9.74. The Balaban J connectivity index is 1.48. The SMILES string of the molecule is COC(=O)C1=CC2(CCN(C(=O)C(COCc3ccccc3)NC(=O)C(C)(N)CC(=O)OC(C)(C)C)CC2)c2ccccc21. The Hall–Kier alpha value is -4.02. The largest absolute Gasteiger partial charge is 0.465 e. The van der Waals surface area contributed by atoms with E-state index >= 15 is 0 Å². The van der Waals surface area contributed by atoms with Gasteiger partial charge in [-0.15, -0.1) is 0 Å². The third-order valence-corrected chi connectivity index (χ3v) is 8.00. The fourth-order valence-electron chi connectivity index (χ4n) is 5.75. The van der Waals surface area contributed by atoms with Crippen molar-refractivity contribution in [2.75, 3.05) is 26.8 Å². The monoisotopic (exact) mass is 605 g/mol. The van der Waals surface area contributed by atoms with Crippen LogP contribution in [0.3, 0.4) is 0 Å². The number of carbonyl (C=O) groups is 4. The Labute approximate surface area is 258 Å². The molecule has 3 N–H and O–H groups in total. The number of allylic oxidation sites excluding steroid dienone is 1. The first-order valence-corrected chi connectivity index (χ1v) is 14.9. The molecule has 2 aromatic rings. The van der Waals surface area contributed by atoms with Gasteiger partial charge < -0.3 is 30.2 Å². The van der Waals surface area contributed by atoms with Crippen LogP contribution < -0.4 is 11.1 Å². The lowest BCUT2D eigenvalue weighted by molar-refractivity contribution is -0.157. The van der Waals surface area contributed by atoms with Gasteiger partial charge in [0, 0.05) is 18.5 Å². The van der Waals surface area contributed by atoms with E-state index in [0.29, 0.717) is 31.5 Å². The molecule has 1 aliphatic heterocycles. The van der Waals surface area contributed by atoms with Gasteiger partial charge in [-0.2, -0.15) is 0 Å². The van der Waals surface area contributed by atoms with Crippen LogP contribution in [0.1, 0.15) is 63.6 Å². The van der Waals surface area contributed by atoms with Crippen LogP contribution in [0.2, 0.25) is 0 Å². The highest BCUT2D eigenvalue weighted by atomic mass is 16.6. The van der Waals surface area contributed by atoms with Crippen molar-refractivity contribution in [2.45, 2.75) is 76.2 Å². The van der Waals surface area contributed by atoms with Crippen molar-refractivity contribution in [1.82, 2.24) is 10.2 Å². The maximum Gasteiger partial charge on any atom is 0.338 e. The fraction of sp³-hybridized carbons (Fsp3) is 0.471. The number of likely N-dealkylation sites (tertiary alicyclic amines) is 1. The molecule has 44 heavy (non-hydrogen) atoms. The van der Waals surface area contributed by atoms with E-state index in [1.165, 1.54) is 14.0 Å². The van der Waals surface area contributed by atoms with Gasteiger partial charge >= 0.3 is 11.9 Å². The quantitative estimate of drug-likeness (QED) is 0.394. The van der Waals surface area contributed by atoms with Crippen LogP contribution in [0, 0.1) is 0 Å². The molecule has 10 heteroatoms. The average molecular weight is 606 g/mol. The number of hydrogen-bond acceptors (Lipinski definition) is 8. The summed E-state index contributed by atoms with van der Waals surface area (Å²) in [5.74, 6) is -1.97. The molecule has 2 aliphatic rings. The van der Waals surface area contributed by atoms with Crippen molar-refractivity contribution in [3.8, 4) is 0 Å². The average Bonchev–Trinajstić information content (AvgIpc) is 3.29. The molecule has 2 atom stereocenters. The van der Waals surface area contributed by atoms with E-state index in [4.69, 9.17) is 19.9 Å². The van der Waals surface area contributed by atoms with Crippen LogP contribution in [0.5, 0.6) is 0 Å². The minimum absolute atomic E-state index is 0.0845. The predicted molar refractivity (Wildman–Crippen MR) is 165 cm³/mol. The van der Waals surface area contributed by atoms with Crippen molar-refractivity contribution in [3.63, 3.8) is 0 Å². The van der Waals surface area contributed by atoms with Gasteiger partial charge in [-0.05, 0) is 57.2 Å². The molecule has 0 aromatic heterocycles. The molecule has 10 nitrogen and oxygen atoms in total. The number of esters is 2. The number of carbonyl (C=O) groups excluding carboxylic acids is 4. The predicted octanol–water partition coefficient (Wildman–Crippen LogP) is 3.27. The third-order valence-electron chi connectivity index (χ3n) is 8.00. The molecule has 236 valence electrons. The van der Waals surface area contributed by atoms with E-state index in [2.05, 4.69) is 5.32 Å². The zero-order valence-corrected chi connectivity index (χ0v) is 26.2. The summed E-state index contributed by atoms with van der Waals surface area (Å²) in [6.07, 6.45) is 2.80. The van der Waals surface area contributed by atoms with Crippen molar-refractivity contribution in [1.29, 1.82) is 0 Å². The Kier molecular flexibility index (Phi) is 9.95. The number of fused-ring (bicyclic) bond motifs is 2. The molecule has 0 bridgehead atoms. The number of benzene rings is 2. The maximum absolute atomic E-state index is 13.9. The highest BCUT2D eigenvalue weighted by Crippen LogP contribution is 2.47. The van der Waals surface area contributed by atoms with Crippen molar-refractivity contribution in [2.24, 2.45) is 5.73 Å². The number of methoxy groups -OCH3 is 1. The minimum Gasteiger partial charge on any atom is -0.465 e. The number of nitrogens with zero attached hydrogens (tertiary/aromatic N) is 1. The number of rotatable bonds is 10. The Morgan fingerprint density at radius 2 is 1.61 bits per heavy atom. The Bertz CT molecular complexity index is 1400. The summed E-state index contributed by atoms with van der Waals surface area (Å²) < 4.78 is 16.3. The number of nitrogens with two attached hydrogens (primary N) is 1. The van der Waals surface area contributed by atoms with Crippen LogP contribution in [0.25, 0.3) is 5.57 Å². The van der Waals surface area contributed by atoms with Crippen LogP contribution in [0.4, 0.5) is 0 Å². The van der Waals surface area contributed by atoms with Gasteiger partial charge in [-0.3, -0.25) is 14.4 Å². The van der Waals surface area contributed by atoms with Crippen molar-refractivity contribution in [3.05, 3.63) is 77.4 Å². The molecular formula is C34H43N3O7. The highest BCUT2D eigenvalue weighted by molar-refractivity contribution is 6.18. The molecule has 2 unspecified atom stereocenters. The molecule has 2 aromatic carbocycles. The summed E-state index contributed by atoms with van der Waals surface area (Å²) >= 11 is 0. The van der Waals surface area contributed by atoms with Crippen LogP contribution in [0.15, 0.2) is 60.7 Å². The molecule has 0 saturated carbocycles. The zero-order valence-electron chi connectivity index (χ0n) is 26.2. The van der Waals surface area contributed by atoms with Crippen LogP contribution in [-0.2, 0) is 45.4 Å². The first-order valence-electron chi connectivity index (χ1n) is 14.9. The Morgan fingerprint density at radius 3 is 2.25 bits per heavy atom. The number of amides is 2. The molecule has 1 heterocycles. The van der Waals surface area contributed by atoms with Gasteiger partial charge in [-0.25, -0.2) is 4.79 Å². The fourth-order valence-corrected chi connectivity index (χ4v) is 5.75. The third kappa shape index (κ3) is 7.73. The molecule has 1 spiro atoms. The molecule has 1 saturated heterocycles. The Morgan fingerprint density at radius 1 is 0.977 bits per heavy atom. The van der Waals surface area contributed by atoms with E-state index in [-0.39, 0.29) is 31.5 Å². The highest BCUT2D eigenvalue weighted by Gasteiger charge is 2.44. The van der Waals surface area contributed by atoms with Gasteiger partial charge in [0.25, 0.3) is 0 Å². The number of nitrogens with one attached hydrogen (secondary N) is 1. The second-order valence-electron chi connectivity index (χ2n) is 12.8. The van der Waals surface area contributed by atoms with E-state index < -0.39 is 34.5 Å². The first-order chi connectivity index (χ1) is 20.7. The number of ether oxygens (including phenoxy) is 3. The number of hydrogen-bond donors (Lipinski definition) is 2. The maximum atomic E-state index is 13.9. The van der Waals surface area contributed by atoms with Crippen LogP contribution >= 0.6 is 0 Å². The van der Waals surface area contributed by atoms with Gasteiger partial charge in [-0.1, -0.05) is 60.7 Å². The minimum atomic E-state index is -1.62. The summed E-state index contributed by atoms with van der Waals surface area (Å²) in [4.78, 5) is 53.9. The molecule has 1 aliphatic carbocycles. The lowest BCUT2D eigenvalue weighted by Gasteiger charge is -2.40. The smallest absolute Gasteiger partial charge is 0.338 e. The van der Waals surface area contributed by atoms with Gasteiger partial charge in [0.05, 0.1) is 32.3 Å². The topological polar surface area (TPSA) is 137 Å². The second-order valence-corrected chi connectivity index (χ2v) is 12.8. The summed E-state index contributed by atoms with van der Waals surface area (Å²) in [6.45, 7) is 7.61. The molecule has 2 amide bonds. The molecule has 0 radical (unpaired) electrons. The van der Waals surface area contributed by atoms with Gasteiger partial charge in [0.2, 0.25) is 11.8 Å². The van der Waals surface area contributed by atoms with E-state index in [0.717, 1.165) is 16.7 Å². The molecule has 4 rings (SSSR count). The zero-order chi connectivity index (χ0) is 32.1.